The van der Waals surface area contributed by atoms with Crippen molar-refractivity contribution in [2.24, 2.45) is 5.73 Å². The van der Waals surface area contributed by atoms with E-state index in [1.165, 1.54) is 9.96 Å². The fraction of sp³-hybridized carbons (Fsp3) is 0.214. The summed E-state index contributed by atoms with van der Waals surface area (Å²) in [5.41, 5.74) is 7.90. The summed E-state index contributed by atoms with van der Waals surface area (Å²) in [4.78, 5) is 15.9. The highest BCUT2D eigenvalue weighted by Crippen LogP contribution is 2.16. The second kappa shape index (κ2) is 5.37. The van der Waals surface area contributed by atoms with Gasteiger partial charge >= 0.3 is 5.69 Å². The number of benzene rings is 1. The number of fused-ring (bicyclic) bond motifs is 1. The number of hydrogen-bond donors (Lipinski definition) is 3. The van der Waals surface area contributed by atoms with Crippen LogP contribution in [0.1, 0.15) is 11.4 Å². The van der Waals surface area contributed by atoms with E-state index in [0.29, 0.717) is 23.8 Å². The second-order valence-corrected chi connectivity index (χ2v) is 4.77. The summed E-state index contributed by atoms with van der Waals surface area (Å²) in [7, 11) is 0. The zero-order valence-corrected chi connectivity index (χ0v) is 11.6. The van der Waals surface area contributed by atoms with Crippen molar-refractivity contribution in [2.75, 3.05) is 11.9 Å². The molecular weight excluding hydrogens is 268 g/mol. The van der Waals surface area contributed by atoms with Gasteiger partial charge in [-0.3, -0.25) is 0 Å². The smallest absolute Gasteiger partial charge is 0.340 e. The predicted molar refractivity (Wildman–Crippen MR) is 80.8 cm³/mol. The lowest BCUT2D eigenvalue weighted by Crippen LogP contribution is -2.13. The molecule has 0 atom stereocenters. The first-order chi connectivity index (χ1) is 10.2. The molecule has 21 heavy (non-hydrogen) atoms. The number of nitrogens with zero attached hydrogens (tertiary/aromatic N) is 3. The number of H-pyrrole nitrogens is 1. The van der Waals surface area contributed by atoms with Crippen molar-refractivity contribution in [3.05, 3.63) is 52.2 Å². The molecule has 2 heterocycles. The molecule has 1 aromatic carbocycles. The summed E-state index contributed by atoms with van der Waals surface area (Å²) in [6.45, 7) is 2.40. The summed E-state index contributed by atoms with van der Waals surface area (Å²) >= 11 is 0. The molecule has 108 valence electrons. The molecule has 0 aliphatic carbocycles. The van der Waals surface area contributed by atoms with Crippen molar-refractivity contribution >= 4 is 17.2 Å². The molecule has 0 saturated heterocycles. The van der Waals surface area contributed by atoms with Crippen molar-refractivity contribution in [2.45, 2.75) is 13.3 Å². The molecule has 0 fully saturated rings. The van der Waals surface area contributed by atoms with Gasteiger partial charge in [-0.15, -0.1) is 0 Å². The van der Waals surface area contributed by atoms with Crippen molar-refractivity contribution in [1.29, 1.82) is 0 Å². The molecule has 0 bridgehead atoms. The van der Waals surface area contributed by atoms with E-state index in [1.54, 1.807) is 13.0 Å². The van der Waals surface area contributed by atoms with Crippen LogP contribution >= 0.6 is 0 Å². The van der Waals surface area contributed by atoms with E-state index in [2.05, 4.69) is 20.5 Å². The van der Waals surface area contributed by atoms with Gasteiger partial charge in [0.05, 0.1) is 0 Å². The molecule has 0 unspecified atom stereocenters. The number of rotatable bonds is 4. The highest BCUT2D eigenvalue weighted by atomic mass is 16.1. The Balaban J connectivity index is 1.89. The molecule has 7 nitrogen and oxygen atoms in total. The number of nitrogens with one attached hydrogen (secondary N) is 2. The fourth-order valence-electron chi connectivity index (χ4n) is 2.23. The van der Waals surface area contributed by atoms with Crippen molar-refractivity contribution in [3.8, 4) is 0 Å². The highest BCUT2D eigenvalue weighted by molar-refractivity contribution is 5.60. The second-order valence-electron chi connectivity index (χ2n) is 4.77. The Labute approximate surface area is 120 Å². The number of hydrogen-bond acceptors (Lipinski definition) is 5. The molecule has 0 amide bonds. The Hall–Kier alpha value is -2.67. The molecule has 3 aromatic rings. The van der Waals surface area contributed by atoms with Crippen LogP contribution in [0.4, 0.5) is 11.5 Å². The van der Waals surface area contributed by atoms with E-state index in [1.807, 2.05) is 24.3 Å². The van der Waals surface area contributed by atoms with Crippen LogP contribution in [-0.4, -0.2) is 26.1 Å². The normalized spacial score (nSPS) is 11.0. The van der Waals surface area contributed by atoms with Crippen LogP contribution in [0.15, 0.2) is 35.1 Å². The van der Waals surface area contributed by atoms with Crippen LogP contribution in [0.5, 0.6) is 0 Å². The quantitative estimate of drug-likeness (QED) is 0.662. The molecule has 3 rings (SSSR count). The SMILES string of the molecule is Cc1nc(Nc2ccc(CCN)cc2)cc2n[nH]c(=O)n12. The Morgan fingerprint density at radius 3 is 2.81 bits per heavy atom. The number of nitrogens with two attached hydrogens (primary N) is 1. The Bertz CT molecular complexity index is 818. The monoisotopic (exact) mass is 284 g/mol. The topological polar surface area (TPSA) is 101 Å². The number of aryl methyl sites for hydroxylation is 1. The first-order valence-corrected chi connectivity index (χ1v) is 6.68. The lowest BCUT2D eigenvalue weighted by atomic mass is 10.1. The first kappa shape index (κ1) is 13.3. The average molecular weight is 284 g/mol. The van der Waals surface area contributed by atoms with Crippen molar-refractivity contribution < 1.29 is 0 Å². The summed E-state index contributed by atoms with van der Waals surface area (Å²) in [5, 5.41) is 9.56. The van der Waals surface area contributed by atoms with Crippen molar-refractivity contribution in [1.82, 2.24) is 19.6 Å². The third-order valence-electron chi connectivity index (χ3n) is 3.23. The zero-order chi connectivity index (χ0) is 14.8. The van der Waals surface area contributed by atoms with E-state index < -0.39 is 0 Å². The van der Waals surface area contributed by atoms with Gasteiger partial charge in [-0.25, -0.2) is 19.3 Å². The lowest BCUT2D eigenvalue weighted by molar-refractivity contribution is 0.938. The van der Waals surface area contributed by atoms with Crippen LogP contribution in [0.25, 0.3) is 5.65 Å². The summed E-state index contributed by atoms with van der Waals surface area (Å²) in [6.07, 6.45) is 0.861. The molecule has 0 spiro atoms. The fourth-order valence-corrected chi connectivity index (χ4v) is 2.23. The Morgan fingerprint density at radius 1 is 1.33 bits per heavy atom. The van der Waals surface area contributed by atoms with Crippen LogP contribution in [0, 0.1) is 6.92 Å². The van der Waals surface area contributed by atoms with Crippen molar-refractivity contribution in [3.63, 3.8) is 0 Å². The van der Waals surface area contributed by atoms with Gasteiger partial charge in [-0.1, -0.05) is 12.1 Å². The maximum absolute atomic E-state index is 11.5. The number of aromatic nitrogens is 4. The third kappa shape index (κ3) is 2.63. The van der Waals surface area contributed by atoms with Crippen LogP contribution in [0.3, 0.4) is 0 Å². The van der Waals surface area contributed by atoms with Crippen LogP contribution in [-0.2, 0) is 6.42 Å². The average Bonchev–Trinajstić information content (AvgIpc) is 2.83. The minimum absolute atomic E-state index is 0.285. The highest BCUT2D eigenvalue weighted by Gasteiger charge is 2.07. The van der Waals surface area contributed by atoms with Gasteiger partial charge in [-0.05, 0) is 37.6 Å². The van der Waals surface area contributed by atoms with Gasteiger partial charge in [0, 0.05) is 11.8 Å². The third-order valence-corrected chi connectivity index (χ3v) is 3.23. The molecular formula is C14H16N6O. The minimum Gasteiger partial charge on any atom is -0.340 e. The van der Waals surface area contributed by atoms with Gasteiger partial charge in [0.15, 0.2) is 5.65 Å². The van der Waals surface area contributed by atoms with Gasteiger partial charge in [-0.2, -0.15) is 5.10 Å². The van der Waals surface area contributed by atoms with E-state index in [4.69, 9.17) is 5.73 Å². The molecule has 4 N–H and O–H groups in total. The van der Waals surface area contributed by atoms with Crippen LogP contribution < -0.4 is 16.7 Å². The van der Waals surface area contributed by atoms with E-state index in [0.717, 1.165) is 12.1 Å². The number of anilines is 2. The van der Waals surface area contributed by atoms with Gasteiger partial charge in [0.25, 0.3) is 0 Å². The van der Waals surface area contributed by atoms with Crippen LogP contribution in [0.2, 0.25) is 0 Å². The lowest BCUT2D eigenvalue weighted by Gasteiger charge is -2.08. The Kier molecular flexibility index (Phi) is 3.41. The molecule has 0 aliphatic heterocycles. The first-order valence-electron chi connectivity index (χ1n) is 6.68. The molecule has 0 saturated carbocycles. The molecule has 2 aromatic heterocycles. The van der Waals surface area contributed by atoms with E-state index in [9.17, 15) is 4.79 Å². The molecule has 7 heteroatoms. The molecule has 0 aliphatic rings. The number of aromatic amines is 1. The summed E-state index contributed by atoms with van der Waals surface area (Å²) in [5.74, 6) is 1.22. The summed E-state index contributed by atoms with van der Waals surface area (Å²) < 4.78 is 1.43. The van der Waals surface area contributed by atoms with Gasteiger partial charge in [0.1, 0.15) is 11.6 Å². The van der Waals surface area contributed by atoms with Gasteiger partial charge in [0.2, 0.25) is 0 Å². The standard InChI is InChI=1S/C14H16N6O/c1-9-16-12(8-13-18-19-14(21)20(9)13)17-11-4-2-10(3-5-11)6-7-15/h2-5,8,17H,6-7,15H2,1H3,(H,19,21). The maximum Gasteiger partial charge on any atom is 0.349 e. The predicted octanol–water partition coefficient (Wildman–Crippen LogP) is 0.971. The minimum atomic E-state index is -0.285. The largest absolute Gasteiger partial charge is 0.349 e. The summed E-state index contributed by atoms with van der Waals surface area (Å²) in [6, 6.07) is 9.73. The van der Waals surface area contributed by atoms with E-state index in [-0.39, 0.29) is 5.69 Å². The van der Waals surface area contributed by atoms with E-state index >= 15 is 0 Å². The zero-order valence-electron chi connectivity index (χ0n) is 11.6. The Morgan fingerprint density at radius 2 is 2.10 bits per heavy atom. The van der Waals surface area contributed by atoms with Gasteiger partial charge < -0.3 is 11.1 Å². The molecule has 0 radical (unpaired) electrons. The maximum atomic E-state index is 11.5.